The van der Waals surface area contributed by atoms with Crippen LogP contribution in [0, 0.1) is 6.92 Å². The van der Waals surface area contributed by atoms with Crippen LogP contribution >= 0.6 is 0 Å². The highest BCUT2D eigenvalue weighted by molar-refractivity contribution is 5.76. The first-order chi connectivity index (χ1) is 9.00. The summed E-state index contributed by atoms with van der Waals surface area (Å²) in [5.74, 6) is 0.00331. The van der Waals surface area contributed by atoms with Gasteiger partial charge in [-0.3, -0.25) is 9.48 Å². The highest BCUT2D eigenvalue weighted by Gasteiger charge is 2.31. The summed E-state index contributed by atoms with van der Waals surface area (Å²) in [4.78, 5) is 11.8. The average Bonchev–Trinajstić information content (AvgIpc) is 2.94. The van der Waals surface area contributed by atoms with Crippen LogP contribution in [-0.4, -0.2) is 32.9 Å². The minimum Gasteiger partial charge on any atom is -0.388 e. The molecular weight excluding hydrogens is 242 g/mol. The highest BCUT2D eigenvalue weighted by atomic mass is 16.3. The van der Waals surface area contributed by atoms with Crippen LogP contribution in [0.25, 0.3) is 0 Å². The molecule has 106 valence electrons. The fourth-order valence-electron chi connectivity index (χ4n) is 2.60. The van der Waals surface area contributed by atoms with Crippen LogP contribution in [-0.2, 0) is 18.3 Å². The third-order valence-electron chi connectivity index (χ3n) is 4.11. The van der Waals surface area contributed by atoms with Crippen LogP contribution in [0.1, 0.15) is 43.4 Å². The van der Waals surface area contributed by atoms with Gasteiger partial charge < -0.3 is 10.4 Å². The number of aromatic nitrogens is 2. The third kappa shape index (κ3) is 3.56. The number of nitrogens with zero attached hydrogens (tertiary/aromatic N) is 2. The topological polar surface area (TPSA) is 67.2 Å². The third-order valence-corrected chi connectivity index (χ3v) is 4.11. The minimum atomic E-state index is -0.667. The fraction of sp³-hybridized carbons (Fsp3) is 0.714. The van der Waals surface area contributed by atoms with Crippen LogP contribution in [0.2, 0.25) is 0 Å². The summed E-state index contributed by atoms with van der Waals surface area (Å²) in [6, 6.07) is 0. The maximum absolute atomic E-state index is 11.8. The SMILES string of the molecule is Cc1c(CCC(=O)NCC2(O)CCCC2)cnn1C. The molecule has 1 heterocycles. The quantitative estimate of drug-likeness (QED) is 0.837. The molecule has 1 aromatic rings. The number of nitrogens with one attached hydrogen (secondary N) is 1. The second kappa shape index (κ2) is 5.74. The zero-order valence-corrected chi connectivity index (χ0v) is 11.8. The number of carbonyl (C=O) groups excluding carboxylic acids is 1. The van der Waals surface area contributed by atoms with Crippen molar-refractivity contribution in [1.29, 1.82) is 0 Å². The Balaban J connectivity index is 1.74. The summed E-state index contributed by atoms with van der Waals surface area (Å²) in [6.07, 6.45) is 6.67. The van der Waals surface area contributed by atoms with Gasteiger partial charge in [-0.2, -0.15) is 5.10 Å². The van der Waals surface area contributed by atoms with Crippen LogP contribution in [0.5, 0.6) is 0 Å². The fourth-order valence-corrected chi connectivity index (χ4v) is 2.60. The zero-order chi connectivity index (χ0) is 13.9. The van der Waals surface area contributed by atoms with E-state index < -0.39 is 5.60 Å². The van der Waals surface area contributed by atoms with Crippen molar-refractivity contribution < 1.29 is 9.90 Å². The lowest BCUT2D eigenvalue weighted by atomic mass is 10.0. The molecule has 19 heavy (non-hydrogen) atoms. The van der Waals surface area contributed by atoms with Crippen LogP contribution < -0.4 is 5.32 Å². The number of aliphatic hydroxyl groups is 1. The Hall–Kier alpha value is -1.36. The van der Waals surface area contributed by atoms with Gasteiger partial charge in [0.2, 0.25) is 5.91 Å². The van der Waals surface area contributed by atoms with Crippen LogP contribution in [0.15, 0.2) is 6.20 Å². The molecule has 0 bridgehead atoms. The first kappa shape index (κ1) is 14.1. The molecule has 0 spiro atoms. The molecule has 0 saturated heterocycles. The number of amides is 1. The Morgan fingerprint density at radius 1 is 1.53 bits per heavy atom. The molecule has 2 rings (SSSR count). The zero-order valence-electron chi connectivity index (χ0n) is 11.8. The van der Waals surface area contributed by atoms with Crippen molar-refractivity contribution in [2.45, 2.75) is 51.0 Å². The lowest BCUT2D eigenvalue weighted by molar-refractivity contribution is -0.122. The first-order valence-corrected chi connectivity index (χ1v) is 6.97. The minimum absolute atomic E-state index is 0.00331. The Morgan fingerprint density at radius 3 is 2.79 bits per heavy atom. The van der Waals surface area contributed by atoms with Crippen molar-refractivity contribution in [3.8, 4) is 0 Å². The molecule has 0 aromatic carbocycles. The van der Waals surface area contributed by atoms with E-state index in [0.29, 0.717) is 19.4 Å². The largest absolute Gasteiger partial charge is 0.388 e. The maximum Gasteiger partial charge on any atom is 0.220 e. The van der Waals surface area contributed by atoms with E-state index >= 15 is 0 Å². The second-order valence-electron chi connectivity index (χ2n) is 5.59. The van der Waals surface area contributed by atoms with Gasteiger partial charge in [-0.1, -0.05) is 12.8 Å². The average molecular weight is 265 g/mol. The Kier molecular flexibility index (Phi) is 4.24. The van der Waals surface area contributed by atoms with Gasteiger partial charge in [-0.25, -0.2) is 0 Å². The molecule has 1 fully saturated rings. The van der Waals surface area contributed by atoms with Crippen LogP contribution in [0.3, 0.4) is 0 Å². The summed E-state index contributed by atoms with van der Waals surface area (Å²) >= 11 is 0. The molecule has 0 aliphatic heterocycles. The highest BCUT2D eigenvalue weighted by Crippen LogP contribution is 2.28. The Bertz CT molecular complexity index is 448. The van der Waals surface area contributed by atoms with Gasteiger partial charge in [0.05, 0.1) is 11.8 Å². The number of hydrogen-bond donors (Lipinski definition) is 2. The summed E-state index contributed by atoms with van der Waals surface area (Å²) in [6.45, 7) is 2.39. The molecule has 1 saturated carbocycles. The monoisotopic (exact) mass is 265 g/mol. The van der Waals surface area contributed by atoms with E-state index in [1.807, 2.05) is 24.9 Å². The smallest absolute Gasteiger partial charge is 0.220 e. The molecule has 1 aromatic heterocycles. The van der Waals surface area contributed by atoms with E-state index in [9.17, 15) is 9.90 Å². The van der Waals surface area contributed by atoms with Gasteiger partial charge in [0.15, 0.2) is 0 Å². The predicted molar refractivity (Wildman–Crippen MR) is 72.7 cm³/mol. The molecule has 1 aliphatic rings. The lowest BCUT2D eigenvalue weighted by Crippen LogP contribution is -2.40. The summed E-state index contributed by atoms with van der Waals surface area (Å²) in [5, 5.41) is 17.1. The van der Waals surface area contributed by atoms with Crippen LogP contribution in [0.4, 0.5) is 0 Å². The van der Waals surface area contributed by atoms with Crippen molar-refractivity contribution in [1.82, 2.24) is 15.1 Å². The maximum atomic E-state index is 11.8. The number of rotatable bonds is 5. The normalized spacial score (nSPS) is 17.6. The van der Waals surface area contributed by atoms with E-state index in [4.69, 9.17) is 0 Å². The molecule has 1 amide bonds. The number of aryl methyl sites for hydroxylation is 2. The molecular formula is C14H23N3O2. The van der Waals surface area contributed by atoms with Gasteiger partial charge >= 0.3 is 0 Å². The molecule has 0 atom stereocenters. The van der Waals surface area contributed by atoms with Gasteiger partial charge in [-0.15, -0.1) is 0 Å². The van der Waals surface area contributed by atoms with Crippen molar-refractivity contribution >= 4 is 5.91 Å². The van der Waals surface area contributed by atoms with Gasteiger partial charge in [0, 0.05) is 25.7 Å². The molecule has 1 aliphatic carbocycles. The van der Waals surface area contributed by atoms with E-state index in [-0.39, 0.29) is 5.91 Å². The van der Waals surface area contributed by atoms with E-state index in [2.05, 4.69) is 10.4 Å². The Morgan fingerprint density at radius 2 is 2.21 bits per heavy atom. The molecule has 0 unspecified atom stereocenters. The standard InChI is InChI=1S/C14H23N3O2/c1-11-12(9-16-17(11)2)5-6-13(18)15-10-14(19)7-3-4-8-14/h9,19H,3-8,10H2,1-2H3,(H,15,18). The predicted octanol–water partition coefficient (Wildman–Crippen LogP) is 1.08. The molecule has 5 heteroatoms. The molecule has 2 N–H and O–H groups in total. The van der Waals surface area contributed by atoms with Gasteiger partial charge in [0.25, 0.3) is 0 Å². The van der Waals surface area contributed by atoms with E-state index in [0.717, 1.165) is 36.9 Å². The second-order valence-corrected chi connectivity index (χ2v) is 5.59. The number of hydrogen-bond acceptors (Lipinski definition) is 3. The van der Waals surface area contributed by atoms with Crippen molar-refractivity contribution in [3.63, 3.8) is 0 Å². The summed E-state index contributed by atoms with van der Waals surface area (Å²) < 4.78 is 1.81. The molecule has 5 nitrogen and oxygen atoms in total. The molecule has 0 radical (unpaired) electrons. The van der Waals surface area contributed by atoms with Gasteiger partial charge in [-0.05, 0) is 31.7 Å². The Labute approximate surface area is 114 Å². The lowest BCUT2D eigenvalue weighted by Gasteiger charge is -2.22. The van der Waals surface area contributed by atoms with Crippen molar-refractivity contribution in [2.75, 3.05) is 6.54 Å². The first-order valence-electron chi connectivity index (χ1n) is 6.97. The summed E-state index contributed by atoms with van der Waals surface area (Å²) in [5.41, 5.74) is 1.54. The number of carbonyl (C=O) groups is 1. The summed E-state index contributed by atoms with van der Waals surface area (Å²) in [7, 11) is 1.90. The van der Waals surface area contributed by atoms with Gasteiger partial charge in [0.1, 0.15) is 0 Å². The van der Waals surface area contributed by atoms with E-state index in [1.165, 1.54) is 0 Å². The van der Waals surface area contributed by atoms with E-state index in [1.54, 1.807) is 0 Å². The van der Waals surface area contributed by atoms with Crippen molar-refractivity contribution in [2.24, 2.45) is 7.05 Å². The van der Waals surface area contributed by atoms with Crippen molar-refractivity contribution in [3.05, 3.63) is 17.5 Å².